The van der Waals surface area contributed by atoms with Crippen molar-refractivity contribution in [1.29, 1.82) is 0 Å². The SMILES string of the molecule is CCCOc1onc(C(=O)O)c1C. The van der Waals surface area contributed by atoms with Gasteiger partial charge in [-0.15, -0.1) is 0 Å². The molecule has 72 valence electrons. The molecule has 1 aromatic heterocycles. The van der Waals surface area contributed by atoms with E-state index < -0.39 is 5.97 Å². The molecule has 0 bridgehead atoms. The first-order valence-corrected chi connectivity index (χ1v) is 3.99. The van der Waals surface area contributed by atoms with E-state index >= 15 is 0 Å². The molecule has 0 aliphatic carbocycles. The molecule has 0 aliphatic heterocycles. The third-order valence-electron chi connectivity index (χ3n) is 1.52. The minimum Gasteiger partial charge on any atom is -0.476 e. The van der Waals surface area contributed by atoms with Gasteiger partial charge in [-0.25, -0.2) is 4.79 Å². The molecule has 0 saturated carbocycles. The third-order valence-corrected chi connectivity index (χ3v) is 1.52. The van der Waals surface area contributed by atoms with Gasteiger partial charge in [0.1, 0.15) is 0 Å². The van der Waals surface area contributed by atoms with Crippen LogP contribution in [-0.4, -0.2) is 22.8 Å². The van der Waals surface area contributed by atoms with Crippen molar-refractivity contribution in [3.8, 4) is 5.95 Å². The first-order valence-electron chi connectivity index (χ1n) is 3.99. The molecule has 0 radical (unpaired) electrons. The Morgan fingerprint density at radius 2 is 2.38 bits per heavy atom. The summed E-state index contributed by atoms with van der Waals surface area (Å²) in [5, 5.41) is 12.0. The van der Waals surface area contributed by atoms with Gasteiger partial charge in [-0.1, -0.05) is 12.1 Å². The van der Waals surface area contributed by atoms with Crippen LogP contribution in [0.2, 0.25) is 0 Å². The first-order chi connectivity index (χ1) is 6.16. The van der Waals surface area contributed by atoms with E-state index in [1.807, 2.05) is 6.92 Å². The highest BCUT2D eigenvalue weighted by Crippen LogP contribution is 2.20. The minimum atomic E-state index is -1.10. The van der Waals surface area contributed by atoms with E-state index in [0.29, 0.717) is 12.2 Å². The first kappa shape index (κ1) is 9.57. The lowest BCUT2D eigenvalue weighted by Crippen LogP contribution is -1.99. The summed E-state index contributed by atoms with van der Waals surface area (Å²) in [7, 11) is 0. The number of carboxylic acid groups (broad SMARTS) is 1. The van der Waals surface area contributed by atoms with Gasteiger partial charge in [0, 0.05) is 0 Å². The van der Waals surface area contributed by atoms with Crippen LogP contribution in [0.5, 0.6) is 5.95 Å². The summed E-state index contributed by atoms with van der Waals surface area (Å²) in [4.78, 5) is 10.5. The molecule has 1 aromatic rings. The Kier molecular flexibility index (Phi) is 2.89. The maximum atomic E-state index is 10.5. The Balaban J connectivity index is 2.80. The third kappa shape index (κ3) is 1.99. The molecule has 0 saturated heterocycles. The van der Waals surface area contributed by atoms with Crippen molar-refractivity contribution in [2.45, 2.75) is 20.3 Å². The second-order valence-corrected chi connectivity index (χ2v) is 2.60. The highest BCUT2D eigenvalue weighted by Gasteiger charge is 2.18. The molecule has 0 fully saturated rings. The van der Waals surface area contributed by atoms with Gasteiger partial charge >= 0.3 is 11.9 Å². The molecule has 0 atom stereocenters. The van der Waals surface area contributed by atoms with Gasteiger partial charge in [-0.2, -0.15) is 0 Å². The summed E-state index contributed by atoms with van der Waals surface area (Å²) in [6.07, 6.45) is 0.836. The van der Waals surface area contributed by atoms with Crippen LogP contribution >= 0.6 is 0 Å². The molecule has 0 amide bonds. The van der Waals surface area contributed by atoms with E-state index in [4.69, 9.17) is 14.4 Å². The van der Waals surface area contributed by atoms with Crippen molar-refractivity contribution in [1.82, 2.24) is 5.16 Å². The molecule has 0 aliphatic rings. The number of carboxylic acids is 1. The molecular formula is C8H11NO4. The van der Waals surface area contributed by atoms with Crippen molar-refractivity contribution in [3.63, 3.8) is 0 Å². The largest absolute Gasteiger partial charge is 0.476 e. The number of rotatable bonds is 4. The van der Waals surface area contributed by atoms with Crippen LogP contribution in [0.25, 0.3) is 0 Å². The number of nitrogens with zero attached hydrogens (tertiary/aromatic N) is 1. The zero-order chi connectivity index (χ0) is 9.84. The summed E-state index contributed by atoms with van der Waals surface area (Å²) in [5.74, 6) is -0.910. The molecule has 13 heavy (non-hydrogen) atoms. The zero-order valence-corrected chi connectivity index (χ0v) is 7.53. The molecule has 0 aromatic carbocycles. The Morgan fingerprint density at radius 3 is 2.85 bits per heavy atom. The van der Waals surface area contributed by atoms with Crippen molar-refractivity contribution in [2.75, 3.05) is 6.61 Å². The lowest BCUT2D eigenvalue weighted by atomic mass is 10.3. The molecule has 0 unspecified atom stereocenters. The maximum Gasteiger partial charge on any atom is 0.358 e. The highest BCUT2D eigenvalue weighted by atomic mass is 16.6. The predicted octanol–water partition coefficient (Wildman–Crippen LogP) is 1.47. The van der Waals surface area contributed by atoms with E-state index in [-0.39, 0.29) is 11.6 Å². The standard InChI is InChI=1S/C8H11NO4/c1-3-4-12-8-5(2)6(7(10)11)9-13-8/h3-4H2,1-2H3,(H,10,11). The molecule has 5 heteroatoms. The molecule has 1 N–H and O–H groups in total. The van der Waals surface area contributed by atoms with Crippen LogP contribution < -0.4 is 4.74 Å². The Morgan fingerprint density at radius 1 is 1.69 bits per heavy atom. The molecule has 0 spiro atoms. The van der Waals surface area contributed by atoms with Gasteiger partial charge in [-0.3, -0.25) is 0 Å². The van der Waals surface area contributed by atoms with Crippen LogP contribution in [-0.2, 0) is 0 Å². The second kappa shape index (κ2) is 3.93. The van der Waals surface area contributed by atoms with Crippen molar-refractivity contribution < 1.29 is 19.2 Å². The normalized spacial score (nSPS) is 10.0. The van der Waals surface area contributed by atoms with Gasteiger partial charge in [0.05, 0.1) is 12.2 Å². The fourth-order valence-corrected chi connectivity index (χ4v) is 0.850. The average Bonchev–Trinajstić information content (AvgIpc) is 2.43. The van der Waals surface area contributed by atoms with E-state index in [9.17, 15) is 4.79 Å². The second-order valence-electron chi connectivity index (χ2n) is 2.60. The summed E-state index contributed by atoms with van der Waals surface area (Å²) in [6.45, 7) is 4.05. The fourth-order valence-electron chi connectivity index (χ4n) is 0.850. The van der Waals surface area contributed by atoms with Crippen LogP contribution in [0.4, 0.5) is 0 Å². The Labute approximate surface area is 75.3 Å². The minimum absolute atomic E-state index is 0.0916. The molecule has 5 nitrogen and oxygen atoms in total. The summed E-state index contributed by atoms with van der Waals surface area (Å²) in [5.41, 5.74) is 0.340. The van der Waals surface area contributed by atoms with Gasteiger partial charge in [0.15, 0.2) is 5.69 Å². The van der Waals surface area contributed by atoms with Gasteiger partial charge < -0.3 is 14.4 Å². The molecular weight excluding hydrogens is 174 g/mol. The number of carbonyl (C=O) groups is 1. The van der Waals surface area contributed by atoms with Crippen LogP contribution in [0, 0.1) is 6.92 Å². The van der Waals surface area contributed by atoms with Crippen molar-refractivity contribution >= 4 is 5.97 Å². The number of aromatic nitrogens is 1. The highest BCUT2D eigenvalue weighted by molar-refractivity contribution is 5.87. The van der Waals surface area contributed by atoms with Crippen LogP contribution in [0.3, 0.4) is 0 Å². The smallest absolute Gasteiger partial charge is 0.358 e. The van der Waals surface area contributed by atoms with E-state index in [2.05, 4.69) is 5.16 Å². The summed E-state index contributed by atoms with van der Waals surface area (Å²) in [6, 6.07) is 0. The van der Waals surface area contributed by atoms with Crippen molar-refractivity contribution in [3.05, 3.63) is 11.3 Å². The monoisotopic (exact) mass is 185 g/mol. The quantitative estimate of drug-likeness (QED) is 0.768. The van der Waals surface area contributed by atoms with Crippen LogP contribution in [0.15, 0.2) is 4.52 Å². The van der Waals surface area contributed by atoms with Crippen LogP contribution in [0.1, 0.15) is 29.4 Å². The molecule has 1 rings (SSSR count). The van der Waals surface area contributed by atoms with Gasteiger partial charge in [0.25, 0.3) is 0 Å². The van der Waals surface area contributed by atoms with E-state index in [1.54, 1.807) is 6.92 Å². The number of hydrogen-bond acceptors (Lipinski definition) is 4. The number of aromatic carboxylic acids is 1. The molecule has 1 heterocycles. The Hall–Kier alpha value is -1.52. The van der Waals surface area contributed by atoms with Crippen molar-refractivity contribution in [2.24, 2.45) is 0 Å². The lowest BCUT2D eigenvalue weighted by Gasteiger charge is -1.98. The maximum absolute atomic E-state index is 10.5. The number of hydrogen-bond donors (Lipinski definition) is 1. The van der Waals surface area contributed by atoms with E-state index in [1.165, 1.54) is 0 Å². The fraction of sp³-hybridized carbons (Fsp3) is 0.500. The summed E-state index contributed by atoms with van der Waals surface area (Å²) < 4.78 is 9.83. The predicted molar refractivity (Wildman–Crippen MR) is 44.0 cm³/mol. The summed E-state index contributed by atoms with van der Waals surface area (Å²) >= 11 is 0. The topological polar surface area (TPSA) is 72.6 Å². The zero-order valence-electron chi connectivity index (χ0n) is 7.53. The van der Waals surface area contributed by atoms with E-state index in [0.717, 1.165) is 6.42 Å². The van der Waals surface area contributed by atoms with Gasteiger partial charge in [0.2, 0.25) is 0 Å². The number of ether oxygens (including phenoxy) is 1. The Bertz CT molecular complexity index is 305. The lowest BCUT2D eigenvalue weighted by molar-refractivity contribution is 0.0685. The van der Waals surface area contributed by atoms with Gasteiger partial charge in [-0.05, 0) is 13.3 Å². The average molecular weight is 185 g/mol.